The Kier molecular flexibility index (Phi) is 29.5. The largest absolute Gasteiger partial charge is 0.569 e. The fourth-order valence-electron chi connectivity index (χ4n) is 13.4. The van der Waals surface area contributed by atoms with Gasteiger partial charge in [-0.3, -0.25) is 9.59 Å². The summed E-state index contributed by atoms with van der Waals surface area (Å²) in [4.78, 5) is 47.8. The molecule has 16 rings (SSSR count). The molecule has 0 spiro atoms. The fraction of sp³-hybridized carbons (Fsp3) is 0.186. The van der Waals surface area contributed by atoms with Crippen LogP contribution in [0, 0.1) is 36.5 Å². The molecule has 12 aromatic rings. The zero-order chi connectivity index (χ0) is 73.5. The number of hydrogen-bond donors (Lipinski definition) is 3. The number of hydrogen-bond acceptors (Lipinski definition) is 12. The number of halogens is 1. The zero-order valence-electron chi connectivity index (χ0n) is 58.7. The number of anilines is 2. The molecule has 19 heteroatoms. The Morgan fingerprint density at radius 2 is 0.810 bits per heavy atom. The minimum atomic E-state index is -0.833. The van der Waals surface area contributed by atoms with Crippen molar-refractivity contribution in [2.24, 2.45) is 0 Å². The predicted molar refractivity (Wildman–Crippen MR) is 427 cm³/mol. The smallest absolute Gasteiger partial charge is 0.537 e. The quantitative estimate of drug-likeness (QED) is 0.0696. The number of aliphatic carboxylic acids is 2. The summed E-state index contributed by atoms with van der Waals surface area (Å²) in [5.41, 5.74) is 13.2. The summed E-state index contributed by atoms with van der Waals surface area (Å²) in [7, 11) is -0.312. The van der Waals surface area contributed by atoms with Gasteiger partial charge in [0.05, 0.1) is 28.8 Å². The van der Waals surface area contributed by atoms with E-state index in [2.05, 4.69) is 231 Å². The summed E-state index contributed by atoms with van der Waals surface area (Å²) in [6, 6.07) is 86.9. The first-order chi connectivity index (χ1) is 50.6. The second-order valence-corrected chi connectivity index (χ2v) is 30.1. The van der Waals surface area contributed by atoms with Crippen LogP contribution >= 0.6 is 31.8 Å². The molecule has 0 bridgehead atoms. The van der Waals surface area contributed by atoms with Gasteiger partial charge in [0, 0.05) is 93.7 Å². The van der Waals surface area contributed by atoms with Crippen LogP contribution in [0.4, 0.5) is 11.4 Å². The molecule has 4 aliphatic rings. The molecule has 105 heavy (non-hydrogen) atoms. The van der Waals surface area contributed by atoms with Crippen molar-refractivity contribution < 1.29 is 58.7 Å². The number of rotatable bonds is 9. The van der Waals surface area contributed by atoms with Crippen LogP contribution < -0.4 is 57.5 Å². The van der Waals surface area contributed by atoms with E-state index in [9.17, 15) is 14.9 Å². The number of carboxylic acids is 2. The first-order valence-corrected chi connectivity index (χ1v) is 37.9. The summed E-state index contributed by atoms with van der Waals surface area (Å²) in [5, 5.41) is 51.2. The monoisotopic (exact) mass is 1590 g/mol. The maximum absolute atomic E-state index is 12.9. The van der Waals surface area contributed by atoms with Gasteiger partial charge < -0.3 is 38.5 Å². The van der Waals surface area contributed by atoms with Crippen LogP contribution in [0.15, 0.2) is 266 Å². The molecular formula is C86H79BBrN4O10P2Pd. The van der Waals surface area contributed by atoms with Crippen LogP contribution in [0.3, 0.4) is 0 Å². The van der Waals surface area contributed by atoms with E-state index in [4.69, 9.17) is 38.9 Å². The Morgan fingerprint density at radius 3 is 1.17 bits per heavy atom. The summed E-state index contributed by atoms with van der Waals surface area (Å²) in [6.07, 6.45) is 8.81. The van der Waals surface area contributed by atoms with Crippen molar-refractivity contribution in [3.8, 4) is 29.0 Å². The van der Waals surface area contributed by atoms with Gasteiger partial charge in [-0.1, -0.05) is 200 Å². The van der Waals surface area contributed by atoms with Crippen LogP contribution in [-0.4, -0.2) is 61.0 Å². The van der Waals surface area contributed by atoms with Gasteiger partial charge in [0.1, 0.15) is 21.4 Å². The van der Waals surface area contributed by atoms with E-state index in [-0.39, 0.29) is 31.7 Å². The summed E-state index contributed by atoms with van der Waals surface area (Å²) >= 11 is 3.35. The standard InChI is InChI=1S/C23H20N2O2.2C18H15P.C16H16BrNO2.C7H5BNO2.2C2H4O2.Pd/c1-14-19-12-17-7-3-9-25-10-4-8-18(21(17)25)22(19)27-23(26)20(14)16-6-2-5-15(11-16)13-24;2*1-4-10-16(11-5-1)19(17-12-6-2-7-13-17)18-14-8-3-9-15-18;1-9-12-8-10-4-2-6-18-7-3-5-11(14(10)18)15(12)20-16(19)13(9)17;9-5-6-2-1-3-7(4-6)11-8-10;2*1-2(3)4;/h2,5-6,11-12H,3-4,7-10H2,1H3;2*1-15H;8H,2-7H2,1H3;1-4,10H;2*1H3,(H,3,4);. The normalized spacial score (nSPS) is 12.5. The molecular weight excluding hydrogens is 1510 g/mol. The molecule has 0 saturated carbocycles. The van der Waals surface area contributed by atoms with E-state index < -0.39 is 27.8 Å². The van der Waals surface area contributed by atoms with E-state index in [1.54, 1.807) is 30.3 Å². The molecule has 10 aromatic carbocycles. The molecule has 533 valence electrons. The number of carboxylic acid groups (broad SMARTS) is 2. The van der Waals surface area contributed by atoms with E-state index in [1.807, 2.05) is 32.0 Å². The molecule has 0 unspecified atom stereocenters. The van der Waals surface area contributed by atoms with Gasteiger partial charge in [-0.2, -0.15) is 10.5 Å². The number of benzene rings is 10. The first-order valence-electron chi connectivity index (χ1n) is 34.4. The van der Waals surface area contributed by atoms with Crippen molar-refractivity contribution in [3.05, 3.63) is 312 Å². The zero-order valence-corrected chi connectivity index (χ0v) is 63.7. The minimum Gasteiger partial charge on any atom is -0.537 e. The van der Waals surface area contributed by atoms with Crippen molar-refractivity contribution in [3.63, 3.8) is 0 Å². The van der Waals surface area contributed by atoms with Crippen LogP contribution in [0.25, 0.3) is 33.1 Å². The molecule has 6 heterocycles. The third kappa shape index (κ3) is 20.5. The van der Waals surface area contributed by atoms with E-state index >= 15 is 0 Å². The minimum absolute atomic E-state index is 0. The number of nitriles is 2. The first kappa shape index (κ1) is 79.1. The van der Waals surface area contributed by atoms with Gasteiger partial charge in [-0.25, -0.2) is 9.59 Å². The van der Waals surface area contributed by atoms with Gasteiger partial charge in [0.25, 0.3) is 11.9 Å². The number of fused-ring (bicyclic) bond motifs is 4. The van der Waals surface area contributed by atoms with Crippen molar-refractivity contribution >= 4 is 117 Å². The Balaban J connectivity index is 0.000000151. The van der Waals surface area contributed by atoms with E-state index in [0.717, 1.165) is 117 Å². The third-order valence-electron chi connectivity index (χ3n) is 17.7. The molecule has 0 saturated heterocycles. The molecule has 0 amide bonds. The predicted octanol–water partition coefficient (Wildman–Crippen LogP) is 15.4. The van der Waals surface area contributed by atoms with Crippen LogP contribution in [0.2, 0.25) is 0 Å². The number of aryl methyl sites for hydroxylation is 6. The van der Waals surface area contributed by atoms with Gasteiger partial charge in [0.15, 0.2) is 0 Å². The van der Waals surface area contributed by atoms with Crippen molar-refractivity contribution in [1.82, 2.24) is 0 Å². The van der Waals surface area contributed by atoms with Crippen LogP contribution in [-0.2, 0) is 55.7 Å². The van der Waals surface area contributed by atoms with Gasteiger partial charge in [-0.15, -0.1) is 0 Å². The van der Waals surface area contributed by atoms with E-state index in [1.165, 1.54) is 84.4 Å². The molecule has 4 aliphatic heterocycles. The SMILES string of the molecule is CC(=O)O.CC(=O)O.Cc1c(-c2cccc(C#N)c2)c(=O)oc2c3c4c(cc12)CCCN4CCC3.Cc1c(Br)c(=O)oc2c3c4c(cc12)CCCN4CCC3.N#Cc1cccc(O[B]O)c1.[Pd].c1ccc(P(c2ccccc2)c2ccccc2)cc1.c1ccc(P(c2ccccc2)c2ccccc2)cc1. The second kappa shape index (κ2) is 39.2. The van der Waals surface area contributed by atoms with Crippen molar-refractivity contribution in [1.29, 1.82) is 10.5 Å². The van der Waals surface area contributed by atoms with Gasteiger partial charge >= 0.3 is 18.9 Å². The van der Waals surface area contributed by atoms with Gasteiger partial charge in [-0.05, 0) is 199 Å². The van der Waals surface area contributed by atoms with Crippen LogP contribution in [0.1, 0.15) is 84.0 Å². The molecule has 1 radical (unpaired) electrons. The summed E-state index contributed by atoms with van der Waals surface area (Å²) in [5.74, 6) is -1.22. The summed E-state index contributed by atoms with van der Waals surface area (Å²) < 4.78 is 16.7. The topological polar surface area (TPSA) is 219 Å². The number of carbonyl (C=O) groups is 2. The fourth-order valence-corrected chi connectivity index (χ4v) is 18.3. The van der Waals surface area contributed by atoms with Crippen LogP contribution in [0.5, 0.6) is 5.75 Å². The maximum Gasteiger partial charge on any atom is 0.569 e. The number of nitrogens with zero attached hydrogens (tertiary/aromatic N) is 4. The third-order valence-corrected chi connectivity index (χ3v) is 23.6. The van der Waals surface area contributed by atoms with Crippen molar-refractivity contribution in [2.75, 3.05) is 36.0 Å². The average molecular weight is 1590 g/mol. The molecule has 0 aliphatic carbocycles. The summed E-state index contributed by atoms with van der Waals surface area (Å²) in [6.45, 7) is 10.6. The van der Waals surface area contributed by atoms with E-state index in [0.29, 0.717) is 34.6 Å². The molecule has 0 atom stereocenters. The Morgan fingerprint density at radius 1 is 0.476 bits per heavy atom. The molecule has 3 N–H and O–H groups in total. The van der Waals surface area contributed by atoms with Crippen molar-refractivity contribution in [2.45, 2.75) is 79.1 Å². The second-order valence-electron chi connectivity index (χ2n) is 24.9. The Hall–Kier alpha value is -10.0. The molecule has 14 nitrogen and oxygen atoms in total. The Labute approximate surface area is 637 Å². The maximum atomic E-state index is 12.9. The molecule has 0 fully saturated rings. The average Bonchev–Trinajstić information content (AvgIpc) is 0.742. The molecule has 2 aromatic heterocycles. The Bertz CT molecular complexity index is 4800. The van der Waals surface area contributed by atoms with Gasteiger partial charge in [0.2, 0.25) is 0 Å².